The largest absolute Gasteiger partial charge is 0.305 e. The van der Waals surface area contributed by atoms with Gasteiger partial charge in [-0.1, -0.05) is 0 Å². The van der Waals surface area contributed by atoms with E-state index in [1.54, 1.807) is 0 Å². The number of nitrogens with zero attached hydrogens (tertiary/aromatic N) is 3. The summed E-state index contributed by atoms with van der Waals surface area (Å²) in [4.78, 5) is 4.76. The highest BCUT2D eigenvalue weighted by atomic mass is 15.2. The van der Waals surface area contributed by atoms with E-state index < -0.39 is 0 Å². The van der Waals surface area contributed by atoms with Crippen LogP contribution in [0, 0.1) is 11.3 Å². The minimum absolute atomic E-state index is 0.698. The van der Waals surface area contributed by atoms with E-state index in [9.17, 15) is 0 Å². The van der Waals surface area contributed by atoms with Crippen LogP contribution in [0.4, 0.5) is 0 Å². The number of rotatable bonds is 4. The van der Waals surface area contributed by atoms with Crippen LogP contribution in [0.25, 0.3) is 0 Å². The molecule has 0 spiro atoms. The highest BCUT2D eigenvalue weighted by molar-refractivity contribution is 4.81. The number of nitriles is 1. The summed E-state index contributed by atoms with van der Waals surface area (Å²) in [6, 6.07) is 2.91. The van der Waals surface area contributed by atoms with Gasteiger partial charge < -0.3 is 9.80 Å². The number of likely N-dealkylation sites (tertiary alicyclic amines) is 1. The Balaban J connectivity index is 2.15. The van der Waals surface area contributed by atoms with E-state index in [4.69, 9.17) is 5.26 Å². The van der Waals surface area contributed by atoms with Crippen molar-refractivity contribution in [3.63, 3.8) is 0 Å². The Morgan fingerprint density at radius 1 is 1.54 bits per heavy atom. The van der Waals surface area contributed by atoms with Gasteiger partial charge in [-0.15, -0.1) is 0 Å². The van der Waals surface area contributed by atoms with Crippen LogP contribution in [0.15, 0.2) is 0 Å². The quantitative estimate of drug-likeness (QED) is 0.604. The second-order valence-electron chi connectivity index (χ2n) is 3.97. The fraction of sp³-hybridized carbons (Fsp3) is 0.900. The lowest BCUT2D eigenvalue weighted by atomic mass is 10.2. The number of unbranched alkanes of at least 4 members (excludes halogenated alkanes) is 1. The van der Waals surface area contributed by atoms with Crippen molar-refractivity contribution in [3.8, 4) is 6.07 Å². The van der Waals surface area contributed by atoms with Crippen LogP contribution < -0.4 is 0 Å². The number of hydrogen-bond donors (Lipinski definition) is 0. The molecule has 1 saturated heterocycles. The maximum absolute atomic E-state index is 8.40. The summed E-state index contributed by atoms with van der Waals surface area (Å²) in [5.74, 6) is 0. The second-order valence-corrected chi connectivity index (χ2v) is 3.97. The van der Waals surface area contributed by atoms with E-state index in [0.717, 1.165) is 19.0 Å². The van der Waals surface area contributed by atoms with Gasteiger partial charge in [0, 0.05) is 19.0 Å². The molecule has 1 fully saturated rings. The first-order chi connectivity index (χ1) is 6.24. The molecular formula is C10H19N3. The molecule has 0 bridgehead atoms. The number of hydrogen-bond acceptors (Lipinski definition) is 3. The zero-order valence-corrected chi connectivity index (χ0v) is 8.66. The van der Waals surface area contributed by atoms with Gasteiger partial charge in [-0.2, -0.15) is 5.26 Å². The lowest BCUT2D eigenvalue weighted by Gasteiger charge is -2.19. The van der Waals surface area contributed by atoms with E-state index in [1.807, 2.05) is 0 Å². The van der Waals surface area contributed by atoms with Gasteiger partial charge in [0.05, 0.1) is 6.07 Å². The van der Waals surface area contributed by atoms with Crippen molar-refractivity contribution in [2.75, 3.05) is 33.7 Å². The lowest BCUT2D eigenvalue weighted by molar-refractivity contribution is 0.267. The number of likely N-dealkylation sites (N-methyl/N-ethyl adjacent to an activating group) is 1. The van der Waals surface area contributed by atoms with E-state index in [2.05, 4.69) is 30.0 Å². The Hall–Kier alpha value is -0.590. The molecule has 0 N–H and O–H groups in total. The molecule has 1 aliphatic rings. The van der Waals surface area contributed by atoms with Crippen LogP contribution in [-0.4, -0.2) is 49.6 Å². The molecule has 0 aromatic rings. The Bertz CT molecular complexity index is 183. The first kappa shape index (κ1) is 10.5. The predicted molar refractivity (Wildman–Crippen MR) is 53.4 cm³/mol. The second kappa shape index (κ2) is 5.21. The van der Waals surface area contributed by atoms with E-state index in [-0.39, 0.29) is 0 Å². The summed E-state index contributed by atoms with van der Waals surface area (Å²) in [6.07, 6.45) is 3.00. The summed E-state index contributed by atoms with van der Waals surface area (Å²) in [5, 5.41) is 8.40. The summed E-state index contributed by atoms with van der Waals surface area (Å²) in [7, 11) is 4.28. The Kier molecular flexibility index (Phi) is 4.20. The van der Waals surface area contributed by atoms with Crippen LogP contribution in [0.1, 0.15) is 19.3 Å². The fourth-order valence-electron chi connectivity index (χ4n) is 1.82. The molecule has 1 aliphatic heterocycles. The summed E-state index contributed by atoms with van der Waals surface area (Å²) < 4.78 is 0. The Morgan fingerprint density at radius 3 is 2.85 bits per heavy atom. The smallest absolute Gasteiger partial charge is 0.0622 e. The summed E-state index contributed by atoms with van der Waals surface area (Å²) in [5.41, 5.74) is 0. The maximum atomic E-state index is 8.40. The van der Waals surface area contributed by atoms with Gasteiger partial charge in [-0.3, -0.25) is 0 Å². The average Bonchev–Trinajstić information content (AvgIpc) is 2.53. The first-order valence-corrected chi connectivity index (χ1v) is 4.99. The zero-order chi connectivity index (χ0) is 9.68. The van der Waals surface area contributed by atoms with Gasteiger partial charge in [0.25, 0.3) is 0 Å². The van der Waals surface area contributed by atoms with Crippen molar-refractivity contribution in [2.45, 2.75) is 25.3 Å². The van der Waals surface area contributed by atoms with E-state index in [0.29, 0.717) is 6.42 Å². The molecule has 0 aliphatic carbocycles. The summed E-state index contributed by atoms with van der Waals surface area (Å²) >= 11 is 0. The minimum atomic E-state index is 0.698. The summed E-state index contributed by atoms with van der Waals surface area (Å²) in [6.45, 7) is 3.48. The van der Waals surface area contributed by atoms with Gasteiger partial charge in [-0.05, 0) is 40.0 Å². The molecule has 1 rings (SSSR count). The third-order valence-electron chi connectivity index (χ3n) is 2.74. The highest BCUT2D eigenvalue weighted by Crippen LogP contribution is 2.13. The van der Waals surface area contributed by atoms with Gasteiger partial charge in [-0.25, -0.2) is 0 Å². The third kappa shape index (κ3) is 3.33. The van der Waals surface area contributed by atoms with Crippen LogP contribution >= 0.6 is 0 Å². The molecule has 74 valence electrons. The van der Waals surface area contributed by atoms with Crippen molar-refractivity contribution >= 4 is 0 Å². The third-order valence-corrected chi connectivity index (χ3v) is 2.74. The van der Waals surface area contributed by atoms with E-state index >= 15 is 0 Å². The molecule has 0 radical (unpaired) electrons. The van der Waals surface area contributed by atoms with Gasteiger partial charge in [0.2, 0.25) is 0 Å². The SMILES string of the molecule is CN(C)C1CCN(CCCC#N)C1. The zero-order valence-electron chi connectivity index (χ0n) is 8.66. The fourth-order valence-corrected chi connectivity index (χ4v) is 1.82. The van der Waals surface area contributed by atoms with Crippen LogP contribution in [0.2, 0.25) is 0 Å². The molecule has 0 amide bonds. The van der Waals surface area contributed by atoms with Crippen molar-refractivity contribution in [1.29, 1.82) is 5.26 Å². The van der Waals surface area contributed by atoms with E-state index in [1.165, 1.54) is 19.5 Å². The molecule has 3 nitrogen and oxygen atoms in total. The first-order valence-electron chi connectivity index (χ1n) is 4.99. The lowest BCUT2D eigenvalue weighted by Crippen LogP contribution is -2.31. The van der Waals surface area contributed by atoms with Crippen LogP contribution in [-0.2, 0) is 0 Å². The molecule has 1 unspecified atom stereocenters. The molecule has 0 aromatic carbocycles. The van der Waals surface area contributed by atoms with Gasteiger partial charge in [0.15, 0.2) is 0 Å². The molecule has 13 heavy (non-hydrogen) atoms. The standard InChI is InChI=1S/C10H19N3/c1-12(2)10-5-8-13(9-10)7-4-3-6-11/h10H,3-5,7-9H2,1-2H3. The van der Waals surface area contributed by atoms with Gasteiger partial charge in [0.1, 0.15) is 0 Å². The topological polar surface area (TPSA) is 30.3 Å². The van der Waals surface area contributed by atoms with Crippen molar-refractivity contribution in [2.24, 2.45) is 0 Å². The average molecular weight is 181 g/mol. The Morgan fingerprint density at radius 2 is 2.31 bits per heavy atom. The maximum Gasteiger partial charge on any atom is 0.0622 e. The van der Waals surface area contributed by atoms with Crippen LogP contribution in [0.3, 0.4) is 0 Å². The molecule has 3 heteroatoms. The predicted octanol–water partition coefficient (Wildman–Crippen LogP) is 0.926. The van der Waals surface area contributed by atoms with Gasteiger partial charge >= 0.3 is 0 Å². The molecule has 0 saturated carbocycles. The van der Waals surface area contributed by atoms with Crippen molar-refractivity contribution in [3.05, 3.63) is 0 Å². The monoisotopic (exact) mass is 181 g/mol. The molecular weight excluding hydrogens is 162 g/mol. The molecule has 1 atom stereocenters. The van der Waals surface area contributed by atoms with Crippen molar-refractivity contribution in [1.82, 2.24) is 9.80 Å². The van der Waals surface area contributed by atoms with Crippen LogP contribution in [0.5, 0.6) is 0 Å². The van der Waals surface area contributed by atoms with Crippen molar-refractivity contribution < 1.29 is 0 Å². The normalized spacial score (nSPS) is 23.7. The minimum Gasteiger partial charge on any atom is -0.305 e. The molecule has 0 aromatic heterocycles. The molecule has 1 heterocycles. The highest BCUT2D eigenvalue weighted by Gasteiger charge is 2.22. The Labute approximate surface area is 80.9 Å².